The number of carbonyl (C=O) groups excluding carboxylic acids is 1. The highest BCUT2D eigenvalue weighted by Crippen LogP contribution is 2.25. The Kier molecular flexibility index (Phi) is 2.95. The molecule has 106 valence electrons. The number of rotatable bonds is 1. The Morgan fingerprint density at radius 2 is 1.90 bits per heavy atom. The summed E-state index contributed by atoms with van der Waals surface area (Å²) in [6.45, 7) is 1.78. The van der Waals surface area contributed by atoms with E-state index in [1.165, 1.54) is 11.1 Å². The van der Waals surface area contributed by atoms with Crippen molar-refractivity contribution < 1.29 is 4.79 Å². The van der Waals surface area contributed by atoms with Crippen molar-refractivity contribution in [2.75, 3.05) is 11.4 Å². The van der Waals surface area contributed by atoms with Crippen LogP contribution in [0.4, 0.5) is 5.95 Å². The van der Waals surface area contributed by atoms with Crippen LogP contribution in [0.25, 0.3) is 0 Å². The maximum absolute atomic E-state index is 11.8. The molecule has 1 aromatic heterocycles. The first kappa shape index (κ1) is 12.5. The highest BCUT2D eigenvalue weighted by molar-refractivity contribution is 5.97. The summed E-state index contributed by atoms with van der Waals surface area (Å²) in [6, 6.07) is 8.53. The van der Waals surface area contributed by atoms with Crippen molar-refractivity contribution in [2.45, 2.75) is 32.2 Å². The summed E-state index contributed by atoms with van der Waals surface area (Å²) in [7, 11) is 0. The lowest BCUT2D eigenvalue weighted by Crippen LogP contribution is -2.32. The van der Waals surface area contributed by atoms with Crippen LogP contribution in [0.3, 0.4) is 0 Å². The molecule has 0 bridgehead atoms. The summed E-state index contributed by atoms with van der Waals surface area (Å²) in [5.74, 6) is 0.949. The molecule has 0 saturated heterocycles. The predicted octanol–water partition coefficient (Wildman–Crippen LogP) is 2.56. The number of hydrogen-bond acceptors (Lipinski definition) is 4. The van der Waals surface area contributed by atoms with Crippen LogP contribution in [0.1, 0.15) is 40.0 Å². The molecule has 0 N–H and O–H groups in total. The summed E-state index contributed by atoms with van der Waals surface area (Å²) in [5, 5.41) is 0. The lowest BCUT2D eigenvalue weighted by molar-refractivity contribution is 0.0971. The number of aryl methyl sites for hydroxylation is 1. The van der Waals surface area contributed by atoms with Gasteiger partial charge in [-0.3, -0.25) is 4.79 Å². The molecule has 2 aromatic rings. The third-order valence-corrected chi connectivity index (χ3v) is 4.39. The van der Waals surface area contributed by atoms with E-state index in [0.717, 1.165) is 49.6 Å². The molecule has 0 fully saturated rings. The first-order chi connectivity index (χ1) is 10.3. The fourth-order valence-corrected chi connectivity index (χ4v) is 3.20. The third kappa shape index (κ3) is 2.20. The second-order valence-corrected chi connectivity index (χ2v) is 5.75. The third-order valence-electron chi connectivity index (χ3n) is 4.39. The molecule has 1 aliphatic carbocycles. The Hall–Kier alpha value is -2.23. The SMILES string of the molecule is O=C1CCCc2nc(N3CCc4ccccc4C3)ncc21. The number of nitrogens with zero attached hydrogens (tertiary/aromatic N) is 3. The molecule has 1 aliphatic heterocycles. The summed E-state index contributed by atoms with van der Waals surface area (Å²) >= 11 is 0. The van der Waals surface area contributed by atoms with Gasteiger partial charge < -0.3 is 4.90 Å². The van der Waals surface area contributed by atoms with Crippen molar-refractivity contribution in [1.29, 1.82) is 0 Å². The van der Waals surface area contributed by atoms with E-state index in [9.17, 15) is 4.79 Å². The predicted molar refractivity (Wildman–Crippen MR) is 80.5 cm³/mol. The van der Waals surface area contributed by atoms with E-state index in [0.29, 0.717) is 6.42 Å². The maximum atomic E-state index is 11.8. The van der Waals surface area contributed by atoms with E-state index in [2.05, 4.69) is 39.1 Å². The molecule has 0 amide bonds. The van der Waals surface area contributed by atoms with Gasteiger partial charge in [-0.1, -0.05) is 24.3 Å². The van der Waals surface area contributed by atoms with Crippen LogP contribution in [0.2, 0.25) is 0 Å². The topological polar surface area (TPSA) is 46.1 Å². The Balaban J connectivity index is 1.65. The van der Waals surface area contributed by atoms with Crippen molar-refractivity contribution in [3.05, 3.63) is 52.8 Å². The first-order valence-corrected chi connectivity index (χ1v) is 7.52. The van der Waals surface area contributed by atoms with Crippen molar-refractivity contribution in [3.8, 4) is 0 Å². The number of aromatic nitrogens is 2. The zero-order valence-corrected chi connectivity index (χ0v) is 11.9. The molecule has 0 atom stereocenters. The van der Waals surface area contributed by atoms with Crippen LogP contribution in [0.5, 0.6) is 0 Å². The summed E-state index contributed by atoms with van der Waals surface area (Å²) in [6.07, 6.45) is 5.17. The van der Waals surface area contributed by atoms with Gasteiger partial charge in [-0.2, -0.15) is 0 Å². The Labute approximate surface area is 123 Å². The molecular weight excluding hydrogens is 262 g/mol. The van der Waals surface area contributed by atoms with Crippen LogP contribution in [0.15, 0.2) is 30.5 Å². The number of benzene rings is 1. The lowest BCUT2D eigenvalue weighted by Gasteiger charge is -2.29. The Morgan fingerprint density at radius 1 is 1.05 bits per heavy atom. The average molecular weight is 279 g/mol. The monoisotopic (exact) mass is 279 g/mol. The molecule has 4 nitrogen and oxygen atoms in total. The molecule has 4 heteroatoms. The highest BCUT2D eigenvalue weighted by atomic mass is 16.1. The normalized spacial score (nSPS) is 17.3. The number of Topliss-reactive ketones (excluding diaryl/α,β-unsaturated/α-hetero) is 1. The van der Waals surface area contributed by atoms with Crippen LogP contribution in [-0.4, -0.2) is 22.3 Å². The largest absolute Gasteiger partial charge is 0.336 e. The van der Waals surface area contributed by atoms with Crippen LogP contribution >= 0.6 is 0 Å². The number of carbonyl (C=O) groups is 1. The van der Waals surface area contributed by atoms with Crippen molar-refractivity contribution in [2.24, 2.45) is 0 Å². The standard InChI is InChI=1S/C17H17N3O/c21-16-7-3-6-15-14(16)10-18-17(19-15)20-9-8-12-4-1-2-5-13(12)11-20/h1-2,4-5,10H,3,6-9,11H2. The lowest BCUT2D eigenvalue weighted by atomic mass is 9.96. The molecular formula is C17H17N3O. The first-order valence-electron chi connectivity index (χ1n) is 7.52. The minimum atomic E-state index is 0.187. The van der Waals surface area contributed by atoms with E-state index in [1.807, 2.05) is 0 Å². The molecule has 21 heavy (non-hydrogen) atoms. The smallest absolute Gasteiger partial charge is 0.225 e. The molecule has 0 radical (unpaired) electrons. The fourth-order valence-electron chi connectivity index (χ4n) is 3.20. The summed E-state index contributed by atoms with van der Waals surface area (Å²) in [5.41, 5.74) is 4.42. The van der Waals surface area contributed by atoms with Gasteiger partial charge in [0, 0.05) is 25.7 Å². The molecule has 0 spiro atoms. The van der Waals surface area contributed by atoms with E-state index >= 15 is 0 Å². The quantitative estimate of drug-likeness (QED) is 0.805. The minimum Gasteiger partial charge on any atom is -0.336 e. The fraction of sp³-hybridized carbons (Fsp3) is 0.353. The van der Waals surface area contributed by atoms with E-state index < -0.39 is 0 Å². The summed E-state index contributed by atoms with van der Waals surface area (Å²) < 4.78 is 0. The van der Waals surface area contributed by atoms with Gasteiger partial charge in [0.25, 0.3) is 0 Å². The molecule has 4 rings (SSSR count). The van der Waals surface area contributed by atoms with Gasteiger partial charge in [0.05, 0.1) is 11.3 Å². The molecule has 0 unspecified atom stereocenters. The average Bonchev–Trinajstić information content (AvgIpc) is 2.54. The van der Waals surface area contributed by atoms with Crippen molar-refractivity contribution in [3.63, 3.8) is 0 Å². The van der Waals surface area contributed by atoms with E-state index in [4.69, 9.17) is 0 Å². The van der Waals surface area contributed by atoms with Gasteiger partial charge in [0.1, 0.15) is 0 Å². The second kappa shape index (κ2) is 4.95. The minimum absolute atomic E-state index is 0.187. The molecule has 2 heterocycles. The van der Waals surface area contributed by atoms with Crippen molar-refractivity contribution in [1.82, 2.24) is 9.97 Å². The Morgan fingerprint density at radius 3 is 2.81 bits per heavy atom. The molecule has 1 aromatic carbocycles. The van der Waals surface area contributed by atoms with E-state index in [-0.39, 0.29) is 5.78 Å². The van der Waals surface area contributed by atoms with Gasteiger partial charge in [-0.05, 0) is 30.4 Å². The van der Waals surface area contributed by atoms with Gasteiger partial charge in [0.15, 0.2) is 5.78 Å². The molecule has 2 aliphatic rings. The maximum Gasteiger partial charge on any atom is 0.225 e. The van der Waals surface area contributed by atoms with Crippen LogP contribution in [0, 0.1) is 0 Å². The van der Waals surface area contributed by atoms with Gasteiger partial charge >= 0.3 is 0 Å². The van der Waals surface area contributed by atoms with Crippen LogP contribution in [-0.2, 0) is 19.4 Å². The number of fused-ring (bicyclic) bond motifs is 2. The molecule has 0 saturated carbocycles. The number of anilines is 1. The Bertz CT molecular complexity index is 711. The zero-order chi connectivity index (χ0) is 14.2. The number of ketones is 1. The summed E-state index contributed by atoms with van der Waals surface area (Å²) in [4.78, 5) is 23.1. The zero-order valence-electron chi connectivity index (χ0n) is 11.9. The van der Waals surface area contributed by atoms with E-state index in [1.54, 1.807) is 6.20 Å². The van der Waals surface area contributed by atoms with Gasteiger partial charge in [0.2, 0.25) is 5.95 Å². The van der Waals surface area contributed by atoms with Crippen LogP contribution < -0.4 is 4.90 Å². The second-order valence-electron chi connectivity index (χ2n) is 5.75. The highest BCUT2D eigenvalue weighted by Gasteiger charge is 2.22. The van der Waals surface area contributed by atoms with Crippen molar-refractivity contribution >= 4 is 11.7 Å². The van der Waals surface area contributed by atoms with Gasteiger partial charge in [-0.15, -0.1) is 0 Å². The number of hydrogen-bond donors (Lipinski definition) is 0. The van der Waals surface area contributed by atoms with Gasteiger partial charge in [-0.25, -0.2) is 9.97 Å².